The highest BCUT2D eigenvalue weighted by Gasteiger charge is 2.16. The molecule has 0 unspecified atom stereocenters. The topological polar surface area (TPSA) is 104 Å². The summed E-state index contributed by atoms with van der Waals surface area (Å²) in [6.07, 6.45) is 0. The molecule has 104 valence electrons. The van der Waals surface area contributed by atoms with Gasteiger partial charge in [-0.25, -0.2) is 4.98 Å². The molecule has 2 aromatic rings. The Morgan fingerprint density at radius 2 is 2.00 bits per heavy atom. The SMILES string of the molecule is CC(C)c1nc(N)cc(Oc2ccccc2[N+](=O)[O-])n1. The molecule has 2 rings (SSSR count). The summed E-state index contributed by atoms with van der Waals surface area (Å²) >= 11 is 0. The number of anilines is 1. The molecule has 0 saturated heterocycles. The summed E-state index contributed by atoms with van der Waals surface area (Å²) in [4.78, 5) is 18.7. The van der Waals surface area contributed by atoms with Crippen LogP contribution in [0.2, 0.25) is 0 Å². The summed E-state index contributed by atoms with van der Waals surface area (Å²) in [5.41, 5.74) is 5.55. The number of hydrogen-bond donors (Lipinski definition) is 1. The molecule has 7 heteroatoms. The normalized spacial score (nSPS) is 10.6. The summed E-state index contributed by atoms with van der Waals surface area (Å²) < 4.78 is 5.47. The molecule has 0 saturated carbocycles. The molecule has 0 bridgehead atoms. The molecule has 0 spiro atoms. The Bertz CT molecular complexity index is 643. The van der Waals surface area contributed by atoms with E-state index in [2.05, 4.69) is 9.97 Å². The zero-order chi connectivity index (χ0) is 14.7. The summed E-state index contributed by atoms with van der Waals surface area (Å²) in [6, 6.07) is 7.52. The number of para-hydroxylation sites is 2. The van der Waals surface area contributed by atoms with Crippen molar-refractivity contribution in [2.24, 2.45) is 0 Å². The van der Waals surface area contributed by atoms with Crippen molar-refractivity contribution in [2.45, 2.75) is 19.8 Å². The predicted octanol–water partition coefficient (Wildman–Crippen LogP) is 2.88. The van der Waals surface area contributed by atoms with Crippen molar-refractivity contribution in [3.63, 3.8) is 0 Å². The van der Waals surface area contributed by atoms with Crippen LogP contribution in [0, 0.1) is 10.1 Å². The monoisotopic (exact) mass is 274 g/mol. The van der Waals surface area contributed by atoms with Crippen molar-refractivity contribution in [1.29, 1.82) is 0 Å². The highest BCUT2D eigenvalue weighted by molar-refractivity contribution is 5.48. The Labute approximate surface area is 115 Å². The highest BCUT2D eigenvalue weighted by atomic mass is 16.6. The van der Waals surface area contributed by atoms with E-state index in [9.17, 15) is 10.1 Å². The van der Waals surface area contributed by atoms with Crippen molar-refractivity contribution in [1.82, 2.24) is 9.97 Å². The zero-order valence-corrected chi connectivity index (χ0v) is 11.1. The van der Waals surface area contributed by atoms with Crippen LogP contribution in [-0.2, 0) is 0 Å². The Morgan fingerprint density at radius 1 is 1.30 bits per heavy atom. The Hall–Kier alpha value is -2.70. The van der Waals surface area contributed by atoms with Crippen molar-refractivity contribution >= 4 is 11.5 Å². The summed E-state index contributed by atoms with van der Waals surface area (Å²) in [6.45, 7) is 3.84. The second-order valence-corrected chi connectivity index (χ2v) is 4.47. The van der Waals surface area contributed by atoms with Crippen molar-refractivity contribution in [3.8, 4) is 11.6 Å². The van der Waals surface area contributed by atoms with E-state index >= 15 is 0 Å². The van der Waals surface area contributed by atoms with Crippen LogP contribution < -0.4 is 10.5 Å². The van der Waals surface area contributed by atoms with Gasteiger partial charge in [-0.1, -0.05) is 26.0 Å². The van der Waals surface area contributed by atoms with E-state index < -0.39 is 4.92 Å². The number of nitrogens with two attached hydrogens (primary N) is 1. The van der Waals surface area contributed by atoms with Crippen LogP contribution >= 0.6 is 0 Å². The first-order valence-corrected chi connectivity index (χ1v) is 6.03. The fourth-order valence-corrected chi connectivity index (χ4v) is 1.58. The molecule has 0 fully saturated rings. The molecule has 0 aliphatic carbocycles. The van der Waals surface area contributed by atoms with Gasteiger partial charge in [0, 0.05) is 18.1 Å². The molecular formula is C13H14N4O3. The lowest BCUT2D eigenvalue weighted by atomic mass is 10.2. The summed E-state index contributed by atoms with van der Waals surface area (Å²) in [7, 11) is 0. The number of nitrogen functional groups attached to an aromatic ring is 1. The standard InChI is InChI=1S/C13H14N4O3/c1-8(2)13-15-11(14)7-12(16-13)20-10-6-4-3-5-9(10)17(18)19/h3-8H,1-2H3,(H2,14,15,16). The molecule has 2 N–H and O–H groups in total. The van der Waals surface area contributed by atoms with E-state index in [1.54, 1.807) is 12.1 Å². The average molecular weight is 274 g/mol. The van der Waals surface area contributed by atoms with Gasteiger partial charge in [0.1, 0.15) is 11.6 Å². The number of nitro benzene ring substituents is 1. The summed E-state index contributed by atoms with van der Waals surface area (Å²) in [5.74, 6) is 1.17. The molecule has 1 aromatic carbocycles. The minimum absolute atomic E-state index is 0.0756. The van der Waals surface area contributed by atoms with E-state index in [-0.39, 0.29) is 29.1 Å². The Kier molecular flexibility index (Phi) is 3.79. The van der Waals surface area contributed by atoms with Crippen LogP contribution in [0.4, 0.5) is 11.5 Å². The maximum atomic E-state index is 10.9. The fourth-order valence-electron chi connectivity index (χ4n) is 1.58. The van der Waals surface area contributed by atoms with E-state index in [4.69, 9.17) is 10.5 Å². The number of hydrogen-bond acceptors (Lipinski definition) is 6. The smallest absolute Gasteiger partial charge is 0.311 e. The van der Waals surface area contributed by atoms with Crippen LogP contribution in [0.1, 0.15) is 25.6 Å². The van der Waals surface area contributed by atoms with Gasteiger partial charge < -0.3 is 10.5 Å². The number of ether oxygens (including phenoxy) is 1. The van der Waals surface area contributed by atoms with Gasteiger partial charge in [0.2, 0.25) is 11.6 Å². The molecule has 7 nitrogen and oxygen atoms in total. The maximum Gasteiger partial charge on any atom is 0.311 e. The largest absolute Gasteiger partial charge is 0.432 e. The van der Waals surface area contributed by atoms with Crippen LogP contribution in [-0.4, -0.2) is 14.9 Å². The van der Waals surface area contributed by atoms with Gasteiger partial charge in [-0.05, 0) is 6.07 Å². The minimum Gasteiger partial charge on any atom is -0.432 e. The maximum absolute atomic E-state index is 10.9. The number of rotatable bonds is 4. The molecule has 0 radical (unpaired) electrons. The number of benzene rings is 1. The van der Waals surface area contributed by atoms with Crippen LogP contribution in [0.15, 0.2) is 30.3 Å². The quantitative estimate of drug-likeness (QED) is 0.679. The minimum atomic E-state index is -0.511. The lowest BCUT2D eigenvalue weighted by Crippen LogP contribution is -2.03. The van der Waals surface area contributed by atoms with Crippen molar-refractivity contribution in [3.05, 3.63) is 46.3 Å². The van der Waals surface area contributed by atoms with Crippen molar-refractivity contribution in [2.75, 3.05) is 5.73 Å². The third-order valence-electron chi connectivity index (χ3n) is 2.53. The Balaban J connectivity index is 2.38. The van der Waals surface area contributed by atoms with E-state index in [0.717, 1.165) is 0 Å². The van der Waals surface area contributed by atoms with Gasteiger partial charge in [0.15, 0.2) is 0 Å². The van der Waals surface area contributed by atoms with Gasteiger partial charge >= 0.3 is 5.69 Å². The average Bonchev–Trinajstić information content (AvgIpc) is 2.38. The van der Waals surface area contributed by atoms with E-state index in [1.807, 2.05) is 13.8 Å². The third-order valence-corrected chi connectivity index (χ3v) is 2.53. The first-order valence-electron chi connectivity index (χ1n) is 6.03. The molecule has 20 heavy (non-hydrogen) atoms. The van der Waals surface area contributed by atoms with Crippen LogP contribution in [0.5, 0.6) is 11.6 Å². The predicted molar refractivity (Wildman–Crippen MR) is 73.7 cm³/mol. The van der Waals surface area contributed by atoms with Gasteiger partial charge in [0.25, 0.3) is 0 Å². The third kappa shape index (κ3) is 3.00. The van der Waals surface area contributed by atoms with Gasteiger partial charge in [-0.3, -0.25) is 10.1 Å². The lowest BCUT2D eigenvalue weighted by molar-refractivity contribution is -0.385. The zero-order valence-electron chi connectivity index (χ0n) is 11.1. The molecule has 1 aromatic heterocycles. The van der Waals surface area contributed by atoms with E-state index in [0.29, 0.717) is 5.82 Å². The number of nitrogens with zero attached hydrogens (tertiary/aromatic N) is 3. The lowest BCUT2D eigenvalue weighted by Gasteiger charge is -2.09. The second-order valence-electron chi connectivity index (χ2n) is 4.47. The van der Waals surface area contributed by atoms with Gasteiger partial charge in [0.05, 0.1) is 4.92 Å². The first-order chi connectivity index (χ1) is 9.47. The Morgan fingerprint density at radius 3 is 2.65 bits per heavy atom. The second kappa shape index (κ2) is 5.52. The number of aromatic nitrogens is 2. The summed E-state index contributed by atoms with van der Waals surface area (Å²) in [5, 5.41) is 10.9. The first kappa shape index (κ1) is 13.7. The number of nitro groups is 1. The van der Waals surface area contributed by atoms with Crippen molar-refractivity contribution < 1.29 is 9.66 Å². The fraction of sp³-hybridized carbons (Fsp3) is 0.231. The van der Waals surface area contributed by atoms with Crippen LogP contribution in [0.3, 0.4) is 0 Å². The molecular weight excluding hydrogens is 260 g/mol. The highest BCUT2D eigenvalue weighted by Crippen LogP contribution is 2.30. The van der Waals surface area contributed by atoms with Gasteiger partial charge in [-0.2, -0.15) is 4.98 Å². The molecule has 0 aliphatic rings. The molecule has 0 aliphatic heterocycles. The van der Waals surface area contributed by atoms with E-state index in [1.165, 1.54) is 18.2 Å². The molecule has 0 atom stereocenters. The van der Waals surface area contributed by atoms with Crippen LogP contribution in [0.25, 0.3) is 0 Å². The molecule has 1 heterocycles. The van der Waals surface area contributed by atoms with Gasteiger partial charge in [-0.15, -0.1) is 0 Å². The molecule has 0 amide bonds.